The van der Waals surface area contributed by atoms with Crippen molar-refractivity contribution in [1.82, 2.24) is 9.80 Å². The molecule has 5 nitrogen and oxygen atoms in total. The molecular weight excluding hydrogens is 300 g/mol. The van der Waals surface area contributed by atoms with Gasteiger partial charge in [0.25, 0.3) is 0 Å². The molecule has 1 heterocycles. The average Bonchev–Trinajstić information content (AvgIpc) is 2.80. The molecule has 0 aromatic heterocycles. The van der Waals surface area contributed by atoms with Crippen molar-refractivity contribution in [1.29, 1.82) is 0 Å². The lowest BCUT2D eigenvalue weighted by Crippen LogP contribution is -2.34. The van der Waals surface area contributed by atoms with Gasteiger partial charge in [-0.15, -0.1) is 11.8 Å². The molecule has 2 rings (SSSR count). The minimum atomic E-state index is -0.107. The van der Waals surface area contributed by atoms with Crippen LogP contribution >= 0.6 is 11.8 Å². The lowest BCUT2D eigenvalue weighted by Gasteiger charge is -2.25. The number of hydrogen-bond acceptors (Lipinski definition) is 4. The van der Waals surface area contributed by atoms with Gasteiger partial charge in [0.15, 0.2) is 0 Å². The standard InChI is InChI=1S/C16H22N2O3S/c1-11-15(20)18(10-9-14(19)17(2)3)16(22-11)12-7-5-6-8-13(12)21-4/h5-8,11,16H,9-10H2,1-4H3/t11-,16-/m1/s1. The summed E-state index contributed by atoms with van der Waals surface area (Å²) in [5, 5.41) is -0.210. The third-order valence-electron chi connectivity index (χ3n) is 3.72. The summed E-state index contributed by atoms with van der Waals surface area (Å²) >= 11 is 1.60. The summed E-state index contributed by atoms with van der Waals surface area (Å²) in [5.41, 5.74) is 0.977. The Morgan fingerprint density at radius 2 is 2.05 bits per heavy atom. The zero-order valence-electron chi connectivity index (χ0n) is 13.4. The lowest BCUT2D eigenvalue weighted by molar-refractivity contribution is -0.132. The van der Waals surface area contributed by atoms with Gasteiger partial charge >= 0.3 is 0 Å². The second kappa shape index (κ2) is 7.05. The first kappa shape index (κ1) is 16.7. The van der Waals surface area contributed by atoms with Crippen molar-refractivity contribution in [3.63, 3.8) is 0 Å². The van der Waals surface area contributed by atoms with Crippen molar-refractivity contribution in [3.05, 3.63) is 29.8 Å². The predicted octanol–water partition coefficient (Wildman–Crippen LogP) is 2.14. The molecule has 1 fully saturated rings. The van der Waals surface area contributed by atoms with Crippen LogP contribution in [0.15, 0.2) is 24.3 Å². The molecule has 0 aliphatic carbocycles. The number of methoxy groups -OCH3 is 1. The van der Waals surface area contributed by atoms with Crippen LogP contribution in [0.5, 0.6) is 5.75 Å². The molecule has 0 N–H and O–H groups in total. The van der Waals surface area contributed by atoms with Gasteiger partial charge in [-0.2, -0.15) is 0 Å². The number of thioether (sulfide) groups is 1. The van der Waals surface area contributed by atoms with E-state index in [4.69, 9.17) is 4.74 Å². The smallest absolute Gasteiger partial charge is 0.236 e. The number of hydrogen-bond donors (Lipinski definition) is 0. The topological polar surface area (TPSA) is 49.9 Å². The molecule has 6 heteroatoms. The molecule has 1 saturated heterocycles. The number of rotatable bonds is 5. The van der Waals surface area contributed by atoms with Gasteiger partial charge in [-0.25, -0.2) is 0 Å². The van der Waals surface area contributed by atoms with Crippen LogP contribution in [-0.2, 0) is 9.59 Å². The van der Waals surface area contributed by atoms with Crippen LogP contribution in [0.1, 0.15) is 24.3 Å². The zero-order valence-corrected chi connectivity index (χ0v) is 14.2. The Balaban J connectivity index is 2.21. The van der Waals surface area contributed by atoms with Crippen molar-refractivity contribution < 1.29 is 14.3 Å². The van der Waals surface area contributed by atoms with Gasteiger partial charge < -0.3 is 14.5 Å². The highest BCUT2D eigenvalue weighted by atomic mass is 32.2. The van der Waals surface area contributed by atoms with Gasteiger partial charge in [-0.05, 0) is 13.0 Å². The SMILES string of the molecule is COc1ccccc1[C@H]1S[C@H](C)C(=O)N1CCC(=O)N(C)C. The van der Waals surface area contributed by atoms with Crippen molar-refractivity contribution in [3.8, 4) is 5.75 Å². The number of carbonyl (C=O) groups is 2. The highest BCUT2D eigenvalue weighted by molar-refractivity contribution is 8.01. The Kier molecular flexibility index (Phi) is 5.34. The Morgan fingerprint density at radius 3 is 2.68 bits per heavy atom. The molecular formula is C16H22N2O3S. The molecule has 1 aromatic rings. The van der Waals surface area contributed by atoms with E-state index in [-0.39, 0.29) is 22.4 Å². The second-order valence-electron chi connectivity index (χ2n) is 5.44. The summed E-state index contributed by atoms with van der Waals surface area (Å²) < 4.78 is 5.41. The summed E-state index contributed by atoms with van der Waals surface area (Å²) in [6.45, 7) is 2.33. The third kappa shape index (κ3) is 3.38. The van der Waals surface area contributed by atoms with E-state index in [9.17, 15) is 9.59 Å². The van der Waals surface area contributed by atoms with E-state index >= 15 is 0 Å². The minimum Gasteiger partial charge on any atom is -0.496 e. The summed E-state index contributed by atoms with van der Waals surface area (Å²) in [4.78, 5) is 27.6. The minimum absolute atomic E-state index is 0.0242. The monoisotopic (exact) mass is 322 g/mol. The van der Waals surface area contributed by atoms with Gasteiger partial charge in [0.1, 0.15) is 11.1 Å². The van der Waals surface area contributed by atoms with E-state index in [2.05, 4.69) is 0 Å². The molecule has 2 amide bonds. The Morgan fingerprint density at radius 1 is 1.36 bits per heavy atom. The van der Waals surface area contributed by atoms with Gasteiger partial charge in [0.2, 0.25) is 11.8 Å². The quantitative estimate of drug-likeness (QED) is 0.833. The lowest BCUT2D eigenvalue weighted by atomic mass is 10.1. The average molecular weight is 322 g/mol. The van der Waals surface area contributed by atoms with Crippen LogP contribution in [0.25, 0.3) is 0 Å². The molecule has 120 valence electrons. The van der Waals surface area contributed by atoms with Crippen LogP contribution in [0, 0.1) is 0 Å². The van der Waals surface area contributed by atoms with Crippen molar-refractivity contribution in [2.75, 3.05) is 27.7 Å². The Labute approximate surface area is 135 Å². The first-order chi connectivity index (χ1) is 10.5. The van der Waals surface area contributed by atoms with Crippen molar-refractivity contribution >= 4 is 23.6 Å². The van der Waals surface area contributed by atoms with E-state index < -0.39 is 0 Å². The fourth-order valence-electron chi connectivity index (χ4n) is 2.45. The summed E-state index contributed by atoms with van der Waals surface area (Å²) in [6, 6.07) is 7.72. The van der Waals surface area contributed by atoms with Gasteiger partial charge in [-0.3, -0.25) is 9.59 Å². The molecule has 0 saturated carbocycles. The van der Waals surface area contributed by atoms with Crippen LogP contribution < -0.4 is 4.74 Å². The second-order valence-corrected chi connectivity index (χ2v) is 6.87. The molecule has 0 radical (unpaired) electrons. The van der Waals surface area contributed by atoms with Crippen LogP contribution in [0.3, 0.4) is 0 Å². The Bertz CT molecular complexity index is 562. The zero-order chi connectivity index (χ0) is 16.3. The summed E-state index contributed by atoms with van der Waals surface area (Å²) in [6.07, 6.45) is 0.331. The van der Waals surface area contributed by atoms with Crippen LogP contribution in [0.2, 0.25) is 0 Å². The number of ether oxygens (including phenoxy) is 1. The fourth-order valence-corrected chi connectivity index (χ4v) is 3.79. The van der Waals surface area contributed by atoms with Crippen LogP contribution in [0.4, 0.5) is 0 Å². The predicted molar refractivity (Wildman–Crippen MR) is 87.8 cm³/mol. The number of nitrogens with zero attached hydrogens (tertiary/aromatic N) is 2. The van der Waals surface area contributed by atoms with Gasteiger partial charge in [0, 0.05) is 32.6 Å². The number of carbonyl (C=O) groups excluding carboxylic acids is 2. The Hall–Kier alpha value is -1.69. The highest BCUT2D eigenvalue weighted by Gasteiger charge is 2.39. The summed E-state index contributed by atoms with van der Waals surface area (Å²) in [7, 11) is 5.08. The molecule has 1 aliphatic heterocycles. The third-order valence-corrected chi connectivity index (χ3v) is 5.09. The maximum absolute atomic E-state index is 12.4. The largest absolute Gasteiger partial charge is 0.496 e. The van der Waals surface area contributed by atoms with E-state index in [0.29, 0.717) is 13.0 Å². The fraction of sp³-hybridized carbons (Fsp3) is 0.500. The molecule has 0 bridgehead atoms. The van der Waals surface area contributed by atoms with E-state index in [1.807, 2.05) is 31.2 Å². The molecule has 22 heavy (non-hydrogen) atoms. The first-order valence-corrected chi connectivity index (χ1v) is 8.19. The number of amides is 2. The number of benzene rings is 1. The van der Waals surface area contributed by atoms with E-state index in [1.54, 1.807) is 42.8 Å². The maximum Gasteiger partial charge on any atom is 0.236 e. The molecule has 1 aromatic carbocycles. The normalized spacial score (nSPS) is 21.1. The van der Waals surface area contributed by atoms with Gasteiger partial charge in [-0.1, -0.05) is 18.2 Å². The van der Waals surface area contributed by atoms with Crippen LogP contribution in [-0.4, -0.2) is 54.6 Å². The van der Waals surface area contributed by atoms with Gasteiger partial charge in [0.05, 0.1) is 12.4 Å². The molecule has 0 spiro atoms. The molecule has 0 unspecified atom stereocenters. The number of para-hydroxylation sites is 1. The summed E-state index contributed by atoms with van der Waals surface area (Å²) in [5.74, 6) is 0.870. The van der Waals surface area contributed by atoms with E-state index in [1.165, 1.54) is 0 Å². The first-order valence-electron chi connectivity index (χ1n) is 7.24. The van der Waals surface area contributed by atoms with E-state index in [0.717, 1.165) is 11.3 Å². The van der Waals surface area contributed by atoms with Crippen molar-refractivity contribution in [2.24, 2.45) is 0 Å². The highest BCUT2D eigenvalue weighted by Crippen LogP contribution is 2.45. The van der Waals surface area contributed by atoms with Crippen molar-refractivity contribution in [2.45, 2.75) is 24.0 Å². The molecule has 1 aliphatic rings. The molecule has 2 atom stereocenters. The maximum atomic E-state index is 12.4.